The molecule has 4 heterocycles. The first kappa shape index (κ1) is 26.1. The SMILES string of the molecule is CC[C@@H](CC[C@H](N)C(=O)NCCc1ccc2c(c1)OCO2)[C@H]1O[C@@H](n2cnc3c(N)ncnc32)[C@@H](O)C1O. The van der Waals surface area contributed by atoms with E-state index in [1.165, 1.54) is 12.7 Å². The summed E-state index contributed by atoms with van der Waals surface area (Å²) in [6, 6.07) is 4.99. The van der Waals surface area contributed by atoms with Gasteiger partial charge in [0, 0.05) is 6.54 Å². The van der Waals surface area contributed by atoms with Gasteiger partial charge >= 0.3 is 0 Å². The molecule has 1 aromatic carbocycles. The second-order valence-corrected chi connectivity index (χ2v) is 9.64. The summed E-state index contributed by atoms with van der Waals surface area (Å²) in [5.41, 5.74) is 13.9. The van der Waals surface area contributed by atoms with Crippen LogP contribution in [0.5, 0.6) is 11.5 Å². The predicted molar refractivity (Wildman–Crippen MR) is 136 cm³/mol. The third-order valence-corrected chi connectivity index (χ3v) is 7.26. The molecule has 13 nitrogen and oxygen atoms in total. The van der Waals surface area contributed by atoms with Crippen LogP contribution >= 0.6 is 0 Å². The van der Waals surface area contributed by atoms with E-state index < -0.39 is 30.6 Å². The molecule has 1 fully saturated rings. The number of carbonyl (C=O) groups excluding carboxylic acids is 1. The van der Waals surface area contributed by atoms with Crippen molar-refractivity contribution in [2.24, 2.45) is 11.7 Å². The zero-order valence-electron chi connectivity index (χ0n) is 21.1. The number of nitrogens with two attached hydrogens (primary N) is 2. The molecule has 0 radical (unpaired) electrons. The van der Waals surface area contributed by atoms with E-state index in [1.54, 1.807) is 4.57 Å². The maximum Gasteiger partial charge on any atom is 0.236 e. The van der Waals surface area contributed by atoms with Crippen LogP contribution in [0.25, 0.3) is 11.2 Å². The number of hydrogen-bond donors (Lipinski definition) is 5. The molecule has 2 aliphatic rings. The molecule has 1 saturated heterocycles. The van der Waals surface area contributed by atoms with Gasteiger partial charge in [-0.2, -0.15) is 0 Å². The first-order valence-corrected chi connectivity index (χ1v) is 12.7. The summed E-state index contributed by atoms with van der Waals surface area (Å²) in [7, 11) is 0. The van der Waals surface area contributed by atoms with Crippen molar-refractivity contribution in [3.8, 4) is 11.5 Å². The van der Waals surface area contributed by atoms with Crippen LogP contribution in [0.2, 0.25) is 0 Å². The van der Waals surface area contributed by atoms with Gasteiger partial charge in [0.2, 0.25) is 12.7 Å². The number of anilines is 1. The molecule has 13 heteroatoms. The highest BCUT2D eigenvalue weighted by Gasteiger charge is 2.47. The number of imidazole rings is 1. The third kappa shape index (κ3) is 5.10. The quantitative estimate of drug-likeness (QED) is 0.243. The van der Waals surface area contributed by atoms with Crippen LogP contribution < -0.4 is 26.3 Å². The number of benzene rings is 1. The minimum absolute atomic E-state index is 0.133. The highest BCUT2D eigenvalue weighted by molar-refractivity contribution is 5.81. The lowest BCUT2D eigenvalue weighted by atomic mass is 9.89. The van der Waals surface area contributed by atoms with Crippen LogP contribution in [-0.2, 0) is 16.0 Å². The Morgan fingerprint density at radius 1 is 1.18 bits per heavy atom. The molecule has 2 aliphatic heterocycles. The topological polar surface area (TPSA) is 193 Å². The molecule has 1 amide bonds. The van der Waals surface area contributed by atoms with Crippen molar-refractivity contribution in [2.75, 3.05) is 19.1 Å². The number of aliphatic hydroxyl groups is 2. The Labute approximate surface area is 219 Å². The summed E-state index contributed by atoms with van der Waals surface area (Å²) in [6.45, 7) is 2.63. The molecule has 5 rings (SSSR count). The van der Waals surface area contributed by atoms with E-state index in [-0.39, 0.29) is 24.4 Å². The number of aromatic nitrogens is 4. The fourth-order valence-electron chi connectivity index (χ4n) is 5.04. The van der Waals surface area contributed by atoms with Crippen LogP contribution in [0, 0.1) is 5.92 Å². The van der Waals surface area contributed by atoms with Crippen LogP contribution in [0.4, 0.5) is 5.82 Å². The number of aliphatic hydroxyl groups excluding tert-OH is 2. The number of nitrogens with zero attached hydrogens (tertiary/aromatic N) is 4. The Kier molecular flexibility index (Phi) is 7.61. The number of ether oxygens (including phenoxy) is 3. The Morgan fingerprint density at radius 2 is 2.00 bits per heavy atom. The highest BCUT2D eigenvalue weighted by atomic mass is 16.7. The number of carbonyl (C=O) groups is 1. The summed E-state index contributed by atoms with van der Waals surface area (Å²) in [6.07, 6.45) is 1.13. The van der Waals surface area contributed by atoms with Gasteiger partial charge < -0.3 is 41.2 Å². The Bertz CT molecular complexity index is 1290. The van der Waals surface area contributed by atoms with Gasteiger partial charge in [0.1, 0.15) is 24.1 Å². The first-order valence-electron chi connectivity index (χ1n) is 12.7. The molecule has 2 aromatic heterocycles. The molecule has 1 unspecified atom stereocenters. The van der Waals surface area contributed by atoms with Gasteiger partial charge in [-0.3, -0.25) is 9.36 Å². The van der Waals surface area contributed by atoms with E-state index in [0.29, 0.717) is 49.1 Å². The summed E-state index contributed by atoms with van der Waals surface area (Å²) < 4.78 is 18.4. The number of amides is 1. The second-order valence-electron chi connectivity index (χ2n) is 9.64. The standard InChI is InChI=1S/C25H33N7O6/c1-2-14(4-5-15(26)24(35)28-8-7-13-3-6-16-17(9-13)37-12-36-16)21-19(33)20(34)25(38-21)32-11-31-18-22(27)29-10-30-23(18)32/h3,6,9-11,14-15,19-21,25,33-34H,2,4-5,7-8,12,26H2,1H3,(H,28,35)(H2,27,29,30)/t14-,15-,19?,20-,21+,25+/m0/s1. The van der Waals surface area contributed by atoms with Crippen LogP contribution in [0.3, 0.4) is 0 Å². The molecule has 7 N–H and O–H groups in total. The van der Waals surface area contributed by atoms with Crippen molar-refractivity contribution in [1.82, 2.24) is 24.8 Å². The Morgan fingerprint density at radius 3 is 2.82 bits per heavy atom. The summed E-state index contributed by atoms with van der Waals surface area (Å²) in [4.78, 5) is 24.9. The van der Waals surface area contributed by atoms with E-state index >= 15 is 0 Å². The van der Waals surface area contributed by atoms with E-state index in [1.807, 2.05) is 25.1 Å². The number of hydrogen-bond acceptors (Lipinski definition) is 11. The van der Waals surface area contributed by atoms with Crippen LogP contribution in [0.1, 0.15) is 38.0 Å². The largest absolute Gasteiger partial charge is 0.454 e. The molecule has 204 valence electrons. The Hall–Kier alpha value is -3.52. The average molecular weight is 528 g/mol. The fraction of sp³-hybridized carbons (Fsp3) is 0.520. The molecule has 0 spiro atoms. The molecule has 0 saturated carbocycles. The van der Waals surface area contributed by atoms with Gasteiger partial charge in [-0.05, 0) is 42.9 Å². The number of nitrogens with one attached hydrogen (secondary N) is 1. The molecule has 0 bridgehead atoms. The fourth-order valence-corrected chi connectivity index (χ4v) is 5.04. The van der Waals surface area contributed by atoms with Crippen LogP contribution in [0.15, 0.2) is 30.9 Å². The number of nitrogen functional groups attached to an aromatic ring is 1. The van der Waals surface area contributed by atoms with E-state index in [4.69, 9.17) is 25.7 Å². The van der Waals surface area contributed by atoms with Crippen molar-refractivity contribution in [3.63, 3.8) is 0 Å². The lowest BCUT2D eigenvalue weighted by Crippen LogP contribution is -2.42. The smallest absolute Gasteiger partial charge is 0.236 e. The van der Waals surface area contributed by atoms with Crippen molar-refractivity contribution in [3.05, 3.63) is 36.4 Å². The molecular weight excluding hydrogens is 494 g/mol. The maximum atomic E-state index is 12.6. The van der Waals surface area contributed by atoms with Gasteiger partial charge in [-0.25, -0.2) is 15.0 Å². The monoisotopic (exact) mass is 527 g/mol. The second kappa shape index (κ2) is 11.1. The maximum absolute atomic E-state index is 12.6. The minimum atomic E-state index is -1.20. The minimum Gasteiger partial charge on any atom is -0.454 e. The molecule has 38 heavy (non-hydrogen) atoms. The normalized spacial score (nSPS) is 24.0. The number of rotatable bonds is 10. The lowest BCUT2D eigenvalue weighted by Gasteiger charge is -2.25. The van der Waals surface area contributed by atoms with Gasteiger partial charge in [-0.1, -0.05) is 19.4 Å². The van der Waals surface area contributed by atoms with Gasteiger partial charge in [0.05, 0.1) is 18.5 Å². The van der Waals surface area contributed by atoms with Crippen molar-refractivity contribution >= 4 is 22.9 Å². The highest BCUT2D eigenvalue weighted by Crippen LogP contribution is 2.37. The van der Waals surface area contributed by atoms with E-state index in [0.717, 1.165) is 11.3 Å². The molecule has 3 aromatic rings. The van der Waals surface area contributed by atoms with Gasteiger partial charge in [0.25, 0.3) is 0 Å². The lowest BCUT2D eigenvalue weighted by molar-refractivity contribution is -0.122. The predicted octanol–water partition coefficient (Wildman–Crippen LogP) is 0.249. The van der Waals surface area contributed by atoms with Crippen molar-refractivity contribution in [1.29, 1.82) is 0 Å². The summed E-state index contributed by atoms with van der Waals surface area (Å²) in [5.74, 6) is 1.27. The summed E-state index contributed by atoms with van der Waals surface area (Å²) in [5, 5.41) is 24.5. The first-order chi connectivity index (χ1) is 18.4. The zero-order valence-corrected chi connectivity index (χ0v) is 21.1. The zero-order chi connectivity index (χ0) is 26.8. The molecular formula is C25H33N7O6. The van der Waals surface area contributed by atoms with Crippen molar-refractivity contribution < 1.29 is 29.2 Å². The van der Waals surface area contributed by atoms with E-state index in [9.17, 15) is 15.0 Å². The van der Waals surface area contributed by atoms with Gasteiger partial charge in [-0.15, -0.1) is 0 Å². The van der Waals surface area contributed by atoms with Crippen LogP contribution in [-0.4, -0.2) is 73.3 Å². The van der Waals surface area contributed by atoms with Gasteiger partial charge in [0.15, 0.2) is 29.2 Å². The average Bonchev–Trinajstić information content (AvgIpc) is 3.63. The number of fused-ring (bicyclic) bond motifs is 2. The molecule has 6 atom stereocenters. The summed E-state index contributed by atoms with van der Waals surface area (Å²) >= 11 is 0. The van der Waals surface area contributed by atoms with E-state index in [2.05, 4.69) is 20.3 Å². The third-order valence-electron chi connectivity index (χ3n) is 7.26. The molecule has 0 aliphatic carbocycles. The van der Waals surface area contributed by atoms with Crippen molar-refractivity contribution in [2.45, 2.75) is 63.2 Å². The Balaban J connectivity index is 1.14.